The maximum absolute atomic E-state index is 13.9. The Balaban J connectivity index is 1.40. The van der Waals surface area contributed by atoms with Crippen molar-refractivity contribution in [2.45, 2.75) is 13.2 Å². The average molecular weight is 515 g/mol. The van der Waals surface area contributed by atoms with Crippen molar-refractivity contribution in [1.29, 1.82) is 0 Å². The topological polar surface area (TPSA) is 112 Å². The van der Waals surface area contributed by atoms with Gasteiger partial charge in [-0.2, -0.15) is 5.10 Å². The van der Waals surface area contributed by atoms with Crippen molar-refractivity contribution in [3.05, 3.63) is 104 Å². The van der Waals surface area contributed by atoms with Crippen LogP contribution in [0.15, 0.2) is 75.8 Å². The van der Waals surface area contributed by atoms with Crippen molar-refractivity contribution in [2.24, 2.45) is 0 Å². The zero-order valence-electron chi connectivity index (χ0n) is 16.9. The first kappa shape index (κ1) is 22.2. The van der Waals surface area contributed by atoms with Gasteiger partial charge in [-0.05, 0) is 40.2 Å². The largest absolute Gasteiger partial charge is 0.479 e. The number of amides is 1. The number of ether oxygens (including phenoxy) is 1. The third-order valence-corrected chi connectivity index (χ3v) is 5.14. The molecule has 0 radical (unpaired) electrons. The Kier molecular flexibility index (Phi) is 6.50. The highest BCUT2D eigenvalue weighted by Gasteiger charge is 2.18. The molecule has 0 aliphatic rings. The molecule has 4 aromatic rings. The summed E-state index contributed by atoms with van der Waals surface area (Å²) in [5.41, 5.74) is 0.289. The highest BCUT2D eigenvalue weighted by molar-refractivity contribution is 9.10. The van der Waals surface area contributed by atoms with Gasteiger partial charge in [-0.1, -0.05) is 30.3 Å². The lowest BCUT2D eigenvalue weighted by molar-refractivity contribution is -0.386. The fraction of sp³-hybridized carbons (Fsp3) is 0.0909. The van der Waals surface area contributed by atoms with Gasteiger partial charge < -0.3 is 14.5 Å². The molecule has 0 saturated heterocycles. The maximum atomic E-state index is 13.9. The number of hydrogen-bond donors (Lipinski definition) is 1. The van der Waals surface area contributed by atoms with Crippen LogP contribution in [0.4, 0.5) is 15.9 Å². The molecule has 0 unspecified atom stereocenters. The molecule has 2 aromatic heterocycles. The minimum atomic E-state index is -0.552. The van der Waals surface area contributed by atoms with Crippen LogP contribution in [-0.4, -0.2) is 20.6 Å². The van der Waals surface area contributed by atoms with Gasteiger partial charge >= 0.3 is 5.69 Å². The van der Waals surface area contributed by atoms with E-state index >= 15 is 0 Å². The van der Waals surface area contributed by atoms with Crippen LogP contribution in [0.1, 0.15) is 21.9 Å². The molecule has 1 N–H and O–H groups in total. The van der Waals surface area contributed by atoms with Crippen LogP contribution in [0.25, 0.3) is 0 Å². The lowest BCUT2D eigenvalue weighted by Crippen LogP contribution is -2.12. The number of hydrogen-bond acceptors (Lipinski definition) is 6. The molecule has 0 atom stereocenters. The van der Waals surface area contributed by atoms with Crippen molar-refractivity contribution in [1.82, 2.24) is 9.78 Å². The van der Waals surface area contributed by atoms with E-state index in [4.69, 9.17) is 9.15 Å². The lowest BCUT2D eigenvalue weighted by Gasteiger charge is -2.05. The number of furan rings is 1. The fourth-order valence-electron chi connectivity index (χ4n) is 2.99. The molecule has 2 aromatic carbocycles. The van der Waals surface area contributed by atoms with Crippen LogP contribution in [0, 0.1) is 15.9 Å². The van der Waals surface area contributed by atoms with E-state index in [1.165, 1.54) is 41.1 Å². The summed E-state index contributed by atoms with van der Waals surface area (Å²) in [4.78, 5) is 23.1. The fourth-order valence-corrected chi connectivity index (χ4v) is 3.40. The van der Waals surface area contributed by atoms with E-state index in [2.05, 4.69) is 26.3 Å². The minimum Gasteiger partial charge on any atom is -0.479 e. The first-order chi connectivity index (χ1) is 15.9. The van der Waals surface area contributed by atoms with E-state index in [9.17, 15) is 19.3 Å². The van der Waals surface area contributed by atoms with Gasteiger partial charge in [0.05, 0.1) is 15.9 Å². The average Bonchev–Trinajstić information content (AvgIpc) is 3.41. The van der Waals surface area contributed by atoms with Gasteiger partial charge in [-0.15, -0.1) is 0 Å². The Bertz CT molecular complexity index is 1320. The molecule has 4 rings (SSSR count). The van der Waals surface area contributed by atoms with Gasteiger partial charge in [0.25, 0.3) is 5.91 Å². The van der Waals surface area contributed by atoms with Gasteiger partial charge in [0.1, 0.15) is 18.2 Å². The first-order valence-corrected chi connectivity index (χ1v) is 10.4. The summed E-state index contributed by atoms with van der Waals surface area (Å²) in [5, 5.41) is 18.0. The molecule has 0 fully saturated rings. The summed E-state index contributed by atoms with van der Waals surface area (Å²) in [6.07, 6.45) is 1.62. The van der Waals surface area contributed by atoms with Crippen molar-refractivity contribution in [3.63, 3.8) is 0 Å². The number of nitrogens with one attached hydrogen (secondary N) is 1. The molecule has 0 saturated carbocycles. The summed E-state index contributed by atoms with van der Waals surface area (Å²) in [5.74, 6) is -0.251. The Morgan fingerprint density at radius 1 is 1.18 bits per heavy atom. The molecule has 0 aliphatic carbocycles. The number of benzene rings is 2. The Morgan fingerprint density at radius 3 is 2.73 bits per heavy atom. The number of anilines is 1. The standard InChI is InChI=1S/C22H16BrFN4O5/c23-16-12-27(11-14-5-1-2-6-17(14)24)26-21(16)25-22(29)20-10-9-15(33-20)13-32-19-8-4-3-7-18(19)28(30)31/h1-10,12H,11,13H2,(H,25,26,29). The molecule has 168 valence electrons. The van der Waals surface area contributed by atoms with Gasteiger partial charge in [0, 0.05) is 17.8 Å². The van der Waals surface area contributed by atoms with Crippen molar-refractivity contribution in [2.75, 3.05) is 5.32 Å². The number of rotatable bonds is 8. The van der Waals surface area contributed by atoms with E-state index in [1.807, 2.05) is 0 Å². The van der Waals surface area contributed by atoms with E-state index < -0.39 is 10.8 Å². The van der Waals surface area contributed by atoms with Crippen LogP contribution in [0.2, 0.25) is 0 Å². The third-order valence-electron chi connectivity index (χ3n) is 4.56. The number of nitro benzene ring substituents is 1. The van der Waals surface area contributed by atoms with Crippen LogP contribution < -0.4 is 10.1 Å². The second kappa shape index (κ2) is 9.65. The minimum absolute atomic E-state index is 0.00622. The molecule has 1 amide bonds. The van der Waals surface area contributed by atoms with Gasteiger partial charge in [-0.25, -0.2) is 4.39 Å². The zero-order valence-corrected chi connectivity index (χ0v) is 18.5. The zero-order chi connectivity index (χ0) is 23.4. The second-order valence-corrected chi connectivity index (χ2v) is 7.70. The summed E-state index contributed by atoms with van der Waals surface area (Å²) >= 11 is 3.33. The molecule has 0 aliphatic heterocycles. The van der Waals surface area contributed by atoms with E-state index in [0.717, 1.165) is 0 Å². The number of nitro groups is 1. The Hall–Kier alpha value is -3.99. The highest BCUT2D eigenvalue weighted by atomic mass is 79.9. The van der Waals surface area contributed by atoms with Crippen LogP contribution >= 0.6 is 15.9 Å². The SMILES string of the molecule is O=C(Nc1nn(Cc2ccccc2F)cc1Br)c1ccc(COc2ccccc2[N+](=O)[O-])o1. The number of nitrogens with zero attached hydrogens (tertiary/aromatic N) is 3. The summed E-state index contributed by atoms with van der Waals surface area (Å²) in [7, 11) is 0. The molecule has 11 heteroatoms. The predicted octanol–water partition coefficient (Wildman–Crippen LogP) is 5.17. The molecule has 0 bridgehead atoms. The second-order valence-electron chi connectivity index (χ2n) is 6.85. The highest BCUT2D eigenvalue weighted by Crippen LogP contribution is 2.27. The summed E-state index contributed by atoms with van der Waals surface area (Å²) in [6, 6.07) is 15.3. The smallest absolute Gasteiger partial charge is 0.310 e. The van der Waals surface area contributed by atoms with Crippen LogP contribution in [-0.2, 0) is 13.2 Å². The van der Waals surface area contributed by atoms with Crippen LogP contribution in [0.5, 0.6) is 5.75 Å². The quantitative estimate of drug-likeness (QED) is 0.256. The maximum Gasteiger partial charge on any atom is 0.310 e. The number of carbonyl (C=O) groups is 1. The number of carbonyl (C=O) groups excluding carboxylic acids is 1. The van der Waals surface area contributed by atoms with Crippen molar-refractivity contribution >= 4 is 33.3 Å². The molecular formula is C22H16BrFN4O5. The van der Waals surface area contributed by atoms with E-state index in [0.29, 0.717) is 15.8 Å². The van der Waals surface area contributed by atoms with E-state index in [1.54, 1.807) is 30.5 Å². The molecule has 0 spiro atoms. The number of halogens is 2. The van der Waals surface area contributed by atoms with Crippen molar-refractivity contribution < 1.29 is 23.3 Å². The lowest BCUT2D eigenvalue weighted by atomic mass is 10.2. The van der Waals surface area contributed by atoms with Crippen LogP contribution in [0.3, 0.4) is 0 Å². The third kappa shape index (κ3) is 5.26. The normalized spacial score (nSPS) is 10.7. The van der Waals surface area contributed by atoms with Gasteiger partial charge in [-0.3, -0.25) is 19.6 Å². The predicted molar refractivity (Wildman–Crippen MR) is 120 cm³/mol. The summed E-state index contributed by atoms with van der Waals surface area (Å²) in [6.45, 7) is 0.0914. The Labute approximate surface area is 195 Å². The van der Waals surface area contributed by atoms with Crippen molar-refractivity contribution in [3.8, 4) is 5.75 Å². The number of para-hydroxylation sites is 2. The first-order valence-electron chi connectivity index (χ1n) is 9.63. The molecule has 2 heterocycles. The molecule has 33 heavy (non-hydrogen) atoms. The van der Waals surface area contributed by atoms with Gasteiger partial charge in [0.2, 0.25) is 0 Å². The van der Waals surface area contributed by atoms with Gasteiger partial charge in [0.15, 0.2) is 17.3 Å². The summed E-state index contributed by atoms with van der Waals surface area (Å²) < 4.78 is 26.8. The van der Waals surface area contributed by atoms with E-state index in [-0.39, 0.29) is 42.0 Å². The Morgan fingerprint density at radius 2 is 1.94 bits per heavy atom. The number of aromatic nitrogens is 2. The molecule has 9 nitrogen and oxygen atoms in total. The molecular weight excluding hydrogens is 499 g/mol. The monoisotopic (exact) mass is 514 g/mol.